The maximum absolute atomic E-state index is 11.4. The topological polar surface area (TPSA) is 77.8 Å². The lowest BCUT2D eigenvalue weighted by atomic mass is 10.1. The molecule has 0 radical (unpaired) electrons. The molecule has 0 spiro atoms. The SMILES string of the molecule is C\C=C/C(Br)=C\C(=C/CC)C(=O)C(O)(O)O. The van der Waals surface area contributed by atoms with E-state index in [0.717, 1.165) is 0 Å². The summed E-state index contributed by atoms with van der Waals surface area (Å²) in [4.78, 5) is 11.4. The van der Waals surface area contributed by atoms with Gasteiger partial charge in [-0.1, -0.05) is 41.1 Å². The van der Waals surface area contributed by atoms with Crippen LogP contribution in [-0.4, -0.2) is 27.1 Å². The maximum Gasteiger partial charge on any atom is 0.344 e. The highest BCUT2D eigenvalue weighted by molar-refractivity contribution is 9.11. The van der Waals surface area contributed by atoms with Crippen molar-refractivity contribution < 1.29 is 20.1 Å². The Bertz CT molecular complexity index is 334. The van der Waals surface area contributed by atoms with Crippen LogP contribution in [-0.2, 0) is 4.79 Å². The standard InChI is InChI=1S/C11H15BrO4/c1-3-5-8(7-9(12)6-4-2)10(13)11(14,15)16/h4-7,14-16H,3H2,1-2H3/b6-4-,8-5+,9-7+. The van der Waals surface area contributed by atoms with E-state index in [-0.39, 0.29) is 5.57 Å². The van der Waals surface area contributed by atoms with Crippen LogP contribution in [0.15, 0.2) is 34.4 Å². The summed E-state index contributed by atoms with van der Waals surface area (Å²) in [6, 6.07) is 0. The van der Waals surface area contributed by atoms with Crippen LogP contribution < -0.4 is 0 Å². The Hall–Kier alpha value is -0.750. The fourth-order valence-electron chi connectivity index (χ4n) is 0.987. The third kappa shape index (κ3) is 5.37. The molecule has 0 aliphatic carbocycles. The summed E-state index contributed by atoms with van der Waals surface area (Å²) in [7, 11) is 0. The van der Waals surface area contributed by atoms with Gasteiger partial charge in [-0.2, -0.15) is 0 Å². The quantitative estimate of drug-likeness (QED) is 0.406. The van der Waals surface area contributed by atoms with Crippen molar-refractivity contribution >= 4 is 21.7 Å². The number of carbonyl (C=O) groups excluding carboxylic acids is 1. The van der Waals surface area contributed by atoms with Gasteiger partial charge in [0.25, 0.3) is 5.78 Å². The predicted octanol–water partition coefficient (Wildman–Crippen LogP) is 1.38. The highest BCUT2D eigenvalue weighted by atomic mass is 79.9. The van der Waals surface area contributed by atoms with Gasteiger partial charge >= 0.3 is 5.97 Å². The first-order chi connectivity index (χ1) is 7.32. The van der Waals surface area contributed by atoms with Crippen LogP contribution in [0.2, 0.25) is 0 Å². The molecular weight excluding hydrogens is 276 g/mol. The number of carbonyl (C=O) groups is 1. The Balaban J connectivity index is 5.14. The van der Waals surface area contributed by atoms with Gasteiger partial charge in [0, 0.05) is 10.1 Å². The van der Waals surface area contributed by atoms with E-state index < -0.39 is 11.8 Å². The zero-order valence-corrected chi connectivity index (χ0v) is 10.7. The fourth-order valence-corrected chi connectivity index (χ4v) is 1.50. The monoisotopic (exact) mass is 290 g/mol. The highest BCUT2D eigenvalue weighted by Crippen LogP contribution is 2.15. The van der Waals surface area contributed by atoms with Gasteiger partial charge in [-0.15, -0.1) is 0 Å². The molecule has 16 heavy (non-hydrogen) atoms. The number of halogens is 1. The third-order valence-electron chi connectivity index (χ3n) is 1.61. The van der Waals surface area contributed by atoms with Crippen molar-refractivity contribution in [1.29, 1.82) is 0 Å². The van der Waals surface area contributed by atoms with E-state index in [1.54, 1.807) is 26.0 Å². The summed E-state index contributed by atoms with van der Waals surface area (Å²) in [5.41, 5.74) is 0.0278. The van der Waals surface area contributed by atoms with Gasteiger partial charge in [-0.25, -0.2) is 0 Å². The molecule has 0 aromatic rings. The van der Waals surface area contributed by atoms with E-state index in [1.807, 2.05) is 0 Å². The van der Waals surface area contributed by atoms with Gasteiger partial charge in [0.2, 0.25) is 0 Å². The number of Topliss-reactive ketones (excluding diaryl/α,β-unsaturated/α-hetero) is 1. The summed E-state index contributed by atoms with van der Waals surface area (Å²) in [6.07, 6.45) is 6.86. The first-order valence-electron chi connectivity index (χ1n) is 4.74. The lowest BCUT2D eigenvalue weighted by molar-refractivity contribution is -0.284. The average Bonchev–Trinajstić information content (AvgIpc) is 2.15. The average molecular weight is 291 g/mol. The Kier molecular flexibility index (Phi) is 6.43. The largest absolute Gasteiger partial charge is 0.344 e. The summed E-state index contributed by atoms with van der Waals surface area (Å²) in [6.45, 7) is 3.59. The molecule has 0 bridgehead atoms. The number of hydrogen-bond donors (Lipinski definition) is 3. The second kappa shape index (κ2) is 6.75. The molecule has 0 fully saturated rings. The van der Waals surface area contributed by atoms with Crippen molar-refractivity contribution in [3.8, 4) is 0 Å². The number of ketones is 1. The Labute approximate surface area is 103 Å². The number of aliphatic hydroxyl groups is 3. The molecule has 0 aliphatic rings. The highest BCUT2D eigenvalue weighted by Gasteiger charge is 2.31. The van der Waals surface area contributed by atoms with Crippen molar-refractivity contribution in [2.45, 2.75) is 26.2 Å². The van der Waals surface area contributed by atoms with Crippen molar-refractivity contribution in [2.75, 3.05) is 0 Å². The van der Waals surface area contributed by atoms with Crippen LogP contribution in [0.5, 0.6) is 0 Å². The molecule has 0 amide bonds. The van der Waals surface area contributed by atoms with E-state index in [9.17, 15) is 4.79 Å². The van der Waals surface area contributed by atoms with Crippen LogP contribution in [0, 0.1) is 0 Å². The van der Waals surface area contributed by atoms with Gasteiger partial charge in [0.15, 0.2) is 0 Å². The first kappa shape index (κ1) is 15.2. The van der Waals surface area contributed by atoms with E-state index in [1.165, 1.54) is 12.2 Å². The second-order valence-corrected chi connectivity index (χ2v) is 3.98. The summed E-state index contributed by atoms with van der Waals surface area (Å²) >= 11 is 3.18. The van der Waals surface area contributed by atoms with Crippen molar-refractivity contribution in [2.24, 2.45) is 0 Å². The predicted molar refractivity (Wildman–Crippen MR) is 64.6 cm³/mol. The fraction of sp³-hybridized carbons (Fsp3) is 0.364. The minimum Gasteiger partial charge on any atom is -0.337 e. The summed E-state index contributed by atoms with van der Waals surface area (Å²) < 4.78 is 0.590. The maximum atomic E-state index is 11.4. The number of hydrogen-bond acceptors (Lipinski definition) is 4. The molecule has 4 nitrogen and oxygen atoms in total. The zero-order chi connectivity index (χ0) is 12.8. The Morgan fingerprint density at radius 2 is 1.94 bits per heavy atom. The van der Waals surface area contributed by atoms with Crippen LogP contribution in [0.1, 0.15) is 20.3 Å². The molecule has 0 atom stereocenters. The lowest BCUT2D eigenvalue weighted by Crippen LogP contribution is -2.38. The van der Waals surface area contributed by atoms with E-state index >= 15 is 0 Å². The van der Waals surface area contributed by atoms with Gasteiger partial charge in [0.1, 0.15) is 0 Å². The zero-order valence-electron chi connectivity index (χ0n) is 9.14. The molecule has 0 rings (SSSR count). The molecule has 5 heteroatoms. The summed E-state index contributed by atoms with van der Waals surface area (Å²) in [5.74, 6) is -4.49. The van der Waals surface area contributed by atoms with Crippen molar-refractivity contribution in [3.63, 3.8) is 0 Å². The molecule has 0 unspecified atom stereocenters. The second-order valence-electron chi connectivity index (χ2n) is 3.06. The smallest absolute Gasteiger partial charge is 0.337 e. The minimum absolute atomic E-state index is 0.0278. The Morgan fingerprint density at radius 3 is 2.31 bits per heavy atom. The van der Waals surface area contributed by atoms with E-state index in [4.69, 9.17) is 15.3 Å². The lowest BCUT2D eigenvalue weighted by Gasteiger charge is -2.12. The number of rotatable bonds is 5. The summed E-state index contributed by atoms with van der Waals surface area (Å²) in [5, 5.41) is 26.4. The third-order valence-corrected chi connectivity index (χ3v) is 2.10. The molecule has 90 valence electrons. The van der Waals surface area contributed by atoms with E-state index in [0.29, 0.717) is 10.9 Å². The van der Waals surface area contributed by atoms with Gasteiger partial charge in [-0.05, 0) is 19.4 Å². The molecule has 0 aromatic heterocycles. The molecule has 3 N–H and O–H groups in total. The molecular formula is C11H15BrO4. The van der Waals surface area contributed by atoms with Crippen LogP contribution in [0.25, 0.3) is 0 Å². The molecule has 0 aliphatic heterocycles. The van der Waals surface area contributed by atoms with E-state index in [2.05, 4.69) is 15.9 Å². The van der Waals surface area contributed by atoms with Crippen molar-refractivity contribution in [3.05, 3.63) is 34.4 Å². The van der Waals surface area contributed by atoms with Gasteiger partial charge < -0.3 is 15.3 Å². The minimum atomic E-state index is -3.33. The van der Waals surface area contributed by atoms with Gasteiger partial charge in [0.05, 0.1) is 0 Å². The molecule has 0 aromatic carbocycles. The number of allylic oxidation sites excluding steroid dienone is 5. The normalized spacial score (nSPS) is 14.6. The molecule has 0 heterocycles. The van der Waals surface area contributed by atoms with Crippen LogP contribution in [0.4, 0.5) is 0 Å². The first-order valence-corrected chi connectivity index (χ1v) is 5.54. The molecule has 0 saturated heterocycles. The van der Waals surface area contributed by atoms with Crippen molar-refractivity contribution in [1.82, 2.24) is 0 Å². The van der Waals surface area contributed by atoms with Crippen LogP contribution in [0.3, 0.4) is 0 Å². The Morgan fingerprint density at radius 1 is 1.38 bits per heavy atom. The van der Waals surface area contributed by atoms with Gasteiger partial charge in [-0.3, -0.25) is 4.79 Å². The molecule has 0 saturated carbocycles. The van der Waals surface area contributed by atoms with Crippen LogP contribution >= 0.6 is 15.9 Å².